The van der Waals surface area contributed by atoms with E-state index in [4.69, 9.17) is 9.47 Å². The number of methoxy groups -OCH3 is 1. The van der Waals surface area contributed by atoms with Crippen molar-refractivity contribution in [3.63, 3.8) is 0 Å². The Kier molecular flexibility index (Phi) is 4.58. The zero-order valence-corrected chi connectivity index (χ0v) is 12.6. The van der Waals surface area contributed by atoms with Gasteiger partial charge in [-0.2, -0.15) is 0 Å². The molecule has 1 aliphatic carbocycles. The van der Waals surface area contributed by atoms with Crippen molar-refractivity contribution in [1.29, 1.82) is 0 Å². The summed E-state index contributed by atoms with van der Waals surface area (Å²) in [5.41, 5.74) is 0.0963. The number of esters is 1. The highest BCUT2D eigenvalue weighted by Crippen LogP contribution is 2.43. The van der Waals surface area contributed by atoms with Gasteiger partial charge in [0.2, 0.25) is 0 Å². The lowest BCUT2D eigenvalue weighted by molar-refractivity contribution is -0.0531. The second-order valence-corrected chi connectivity index (χ2v) is 6.00. The fraction of sp³-hybridized carbons (Fsp3) is 0.714. The van der Waals surface area contributed by atoms with Crippen molar-refractivity contribution in [2.75, 3.05) is 13.7 Å². The monoisotopic (exact) mass is 283 g/mol. The van der Waals surface area contributed by atoms with Crippen molar-refractivity contribution in [3.05, 3.63) is 16.1 Å². The van der Waals surface area contributed by atoms with Crippen LogP contribution in [0.1, 0.15) is 55.0 Å². The smallest absolute Gasteiger partial charge is 0.357 e. The summed E-state index contributed by atoms with van der Waals surface area (Å²) in [5, 5.41) is 2.68. The van der Waals surface area contributed by atoms with Gasteiger partial charge in [-0.25, -0.2) is 9.78 Å². The van der Waals surface area contributed by atoms with Crippen molar-refractivity contribution < 1.29 is 14.3 Å². The number of thiazole rings is 1. The van der Waals surface area contributed by atoms with Crippen molar-refractivity contribution in [3.8, 4) is 0 Å². The van der Waals surface area contributed by atoms with Crippen LogP contribution in [0.15, 0.2) is 5.38 Å². The summed E-state index contributed by atoms with van der Waals surface area (Å²) in [7, 11) is 1.74. The number of ether oxygens (including phenoxy) is 2. The molecule has 1 heterocycles. The molecule has 0 atom stereocenters. The molecule has 0 spiro atoms. The third kappa shape index (κ3) is 2.98. The van der Waals surface area contributed by atoms with Crippen molar-refractivity contribution in [1.82, 2.24) is 4.98 Å². The van der Waals surface area contributed by atoms with Crippen LogP contribution in [0.4, 0.5) is 0 Å². The molecule has 106 valence electrons. The van der Waals surface area contributed by atoms with E-state index in [0.29, 0.717) is 12.3 Å². The largest absolute Gasteiger partial charge is 0.461 e. The Labute approximate surface area is 118 Å². The van der Waals surface area contributed by atoms with E-state index in [0.717, 1.165) is 36.6 Å². The Morgan fingerprint density at radius 2 is 2.21 bits per heavy atom. The molecular formula is C14H21NO3S. The number of aromatic nitrogens is 1. The van der Waals surface area contributed by atoms with E-state index >= 15 is 0 Å². The maximum atomic E-state index is 11.7. The van der Waals surface area contributed by atoms with E-state index in [1.807, 2.05) is 0 Å². The van der Waals surface area contributed by atoms with Gasteiger partial charge in [0.1, 0.15) is 10.6 Å². The fourth-order valence-electron chi connectivity index (χ4n) is 2.52. The van der Waals surface area contributed by atoms with E-state index < -0.39 is 0 Å². The molecule has 1 saturated carbocycles. The molecule has 1 aromatic heterocycles. The van der Waals surface area contributed by atoms with Gasteiger partial charge in [-0.15, -0.1) is 11.3 Å². The lowest BCUT2D eigenvalue weighted by atomic mass is 9.80. The predicted octanol–water partition coefficient (Wildman–Crippen LogP) is 3.37. The van der Waals surface area contributed by atoms with E-state index in [2.05, 4.69) is 11.9 Å². The van der Waals surface area contributed by atoms with Crippen LogP contribution < -0.4 is 0 Å². The standard InChI is InChI=1S/C14H21NO3S/c1-4-18-12(16)11-9-19-13(15-11)14(17-3)7-5-10(2)6-8-14/h9-10H,4-8H2,1-3H3. The second-order valence-electron chi connectivity index (χ2n) is 5.14. The minimum Gasteiger partial charge on any atom is -0.461 e. The maximum Gasteiger partial charge on any atom is 0.357 e. The van der Waals surface area contributed by atoms with Crippen molar-refractivity contribution in [2.24, 2.45) is 5.92 Å². The molecule has 5 heteroatoms. The molecule has 0 aliphatic heterocycles. The third-order valence-corrected chi connectivity index (χ3v) is 4.88. The molecular weight excluding hydrogens is 262 g/mol. The molecule has 0 bridgehead atoms. The van der Waals surface area contributed by atoms with Gasteiger partial charge in [-0.3, -0.25) is 0 Å². The molecule has 2 rings (SSSR count). The first-order chi connectivity index (χ1) is 9.11. The van der Waals surface area contributed by atoms with Gasteiger partial charge in [0.15, 0.2) is 5.69 Å². The molecule has 1 fully saturated rings. The van der Waals surface area contributed by atoms with Gasteiger partial charge in [0, 0.05) is 12.5 Å². The molecule has 0 saturated heterocycles. The summed E-state index contributed by atoms with van der Waals surface area (Å²) in [5.74, 6) is 0.396. The first-order valence-corrected chi connectivity index (χ1v) is 7.67. The van der Waals surface area contributed by atoms with Crippen molar-refractivity contribution >= 4 is 17.3 Å². The molecule has 1 aromatic rings. The van der Waals surface area contributed by atoms with Crippen molar-refractivity contribution in [2.45, 2.75) is 45.1 Å². The Bertz CT molecular complexity index is 436. The number of nitrogens with zero attached hydrogens (tertiary/aromatic N) is 1. The fourth-order valence-corrected chi connectivity index (χ4v) is 3.54. The van der Waals surface area contributed by atoms with Gasteiger partial charge >= 0.3 is 5.97 Å². The number of hydrogen-bond acceptors (Lipinski definition) is 5. The summed E-state index contributed by atoms with van der Waals surface area (Å²) >= 11 is 1.50. The Balaban J connectivity index is 2.18. The van der Waals surface area contributed by atoms with Gasteiger partial charge in [-0.1, -0.05) is 6.92 Å². The third-order valence-electron chi connectivity index (χ3n) is 3.85. The van der Waals surface area contributed by atoms with E-state index in [1.165, 1.54) is 11.3 Å². The van der Waals surface area contributed by atoms with Crippen LogP contribution in [-0.2, 0) is 15.1 Å². The molecule has 0 amide bonds. The van der Waals surface area contributed by atoms with Crippen LogP contribution in [0.25, 0.3) is 0 Å². The quantitative estimate of drug-likeness (QED) is 0.795. The van der Waals surface area contributed by atoms with Crippen LogP contribution in [0, 0.1) is 5.92 Å². The summed E-state index contributed by atoms with van der Waals surface area (Å²) in [6.07, 6.45) is 4.23. The van der Waals surface area contributed by atoms with Gasteiger partial charge < -0.3 is 9.47 Å². The summed E-state index contributed by atoms with van der Waals surface area (Å²) in [4.78, 5) is 16.1. The molecule has 0 radical (unpaired) electrons. The topological polar surface area (TPSA) is 48.4 Å². The highest BCUT2D eigenvalue weighted by atomic mass is 32.1. The van der Waals surface area contributed by atoms with Crippen LogP contribution in [0.3, 0.4) is 0 Å². The average molecular weight is 283 g/mol. The molecule has 1 aliphatic rings. The zero-order chi connectivity index (χ0) is 13.9. The number of rotatable bonds is 4. The summed E-state index contributed by atoms with van der Waals surface area (Å²) < 4.78 is 10.7. The normalized spacial score (nSPS) is 27.2. The molecule has 0 aromatic carbocycles. The Morgan fingerprint density at radius 1 is 1.53 bits per heavy atom. The van der Waals surface area contributed by atoms with E-state index in [1.54, 1.807) is 19.4 Å². The van der Waals surface area contributed by atoms with Gasteiger partial charge in [0.25, 0.3) is 0 Å². The van der Waals surface area contributed by atoms with Crippen LogP contribution in [0.2, 0.25) is 0 Å². The van der Waals surface area contributed by atoms with E-state index in [9.17, 15) is 4.79 Å². The number of carbonyl (C=O) groups is 1. The number of hydrogen-bond donors (Lipinski definition) is 0. The van der Waals surface area contributed by atoms with E-state index in [-0.39, 0.29) is 11.6 Å². The molecule has 19 heavy (non-hydrogen) atoms. The summed E-state index contributed by atoms with van der Waals surface area (Å²) in [6.45, 7) is 4.44. The van der Waals surface area contributed by atoms with Gasteiger partial charge in [0.05, 0.1) is 6.61 Å². The number of carbonyl (C=O) groups excluding carboxylic acids is 1. The van der Waals surface area contributed by atoms with Crippen LogP contribution >= 0.6 is 11.3 Å². The SMILES string of the molecule is CCOC(=O)c1csc(C2(OC)CCC(C)CC2)n1. The first kappa shape index (κ1) is 14.5. The highest BCUT2D eigenvalue weighted by Gasteiger charge is 2.38. The lowest BCUT2D eigenvalue weighted by Gasteiger charge is -2.36. The molecule has 4 nitrogen and oxygen atoms in total. The highest BCUT2D eigenvalue weighted by molar-refractivity contribution is 7.10. The Hall–Kier alpha value is -0.940. The second kappa shape index (κ2) is 6.01. The summed E-state index contributed by atoms with van der Waals surface area (Å²) in [6, 6.07) is 0. The van der Waals surface area contributed by atoms with Crippen LogP contribution in [0.5, 0.6) is 0 Å². The average Bonchev–Trinajstić information content (AvgIpc) is 2.91. The predicted molar refractivity (Wildman–Crippen MR) is 74.4 cm³/mol. The minimum atomic E-state index is -0.347. The molecule has 0 unspecified atom stereocenters. The zero-order valence-electron chi connectivity index (χ0n) is 11.8. The minimum absolute atomic E-state index is 0.304. The lowest BCUT2D eigenvalue weighted by Crippen LogP contribution is -2.33. The van der Waals surface area contributed by atoms with Crippen LogP contribution in [-0.4, -0.2) is 24.7 Å². The van der Waals surface area contributed by atoms with Gasteiger partial charge in [-0.05, 0) is 38.5 Å². The Morgan fingerprint density at radius 3 is 2.79 bits per heavy atom. The molecule has 0 N–H and O–H groups in total. The maximum absolute atomic E-state index is 11.7. The first-order valence-electron chi connectivity index (χ1n) is 6.79.